The number of benzene rings is 1. The lowest BCUT2D eigenvalue weighted by Crippen LogP contribution is -2.13. The standard InChI is InChI=1S/C16H16N4O3S/c1-10(2)24(22)13-5-3-11(4-6-13)15(21)18-16-17-14(19-20-16)12-7-8-23-9-12/h3-10H,1-2H3,(H2,17,18,19,20,21)/t24-/m1/s1. The van der Waals surface area contributed by atoms with Crippen LogP contribution in [0.2, 0.25) is 0 Å². The highest BCUT2D eigenvalue weighted by Crippen LogP contribution is 2.17. The molecule has 0 saturated heterocycles. The van der Waals surface area contributed by atoms with Crippen LogP contribution in [0.25, 0.3) is 11.4 Å². The quantitative estimate of drug-likeness (QED) is 0.741. The van der Waals surface area contributed by atoms with Crippen LogP contribution in [0.15, 0.2) is 52.2 Å². The molecule has 0 radical (unpaired) electrons. The molecular weight excluding hydrogens is 328 g/mol. The fourth-order valence-corrected chi connectivity index (χ4v) is 2.98. The Morgan fingerprint density at radius 3 is 2.62 bits per heavy atom. The third kappa shape index (κ3) is 3.43. The summed E-state index contributed by atoms with van der Waals surface area (Å²) in [6.07, 6.45) is 3.05. The maximum Gasteiger partial charge on any atom is 0.258 e. The van der Waals surface area contributed by atoms with Gasteiger partial charge in [0.25, 0.3) is 5.91 Å². The fourth-order valence-electron chi connectivity index (χ4n) is 2.03. The van der Waals surface area contributed by atoms with Crippen LogP contribution in [0.4, 0.5) is 5.95 Å². The van der Waals surface area contributed by atoms with Crippen LogP contribution in [0.1, 0.15) is 24.2 Å². The van der Waals surface area contributed by atoms with E-state index in [2.05, 4.69) is 20.5 Å². The Bertz CT molecular complexity index is 854. The second-order valence-electron chi connectivity index (χ2n) is 5.34. The summed E-state index contributed by atoms with van der Waals surface area (Å²) in [5.41, 5.74) is 1.18. The summed E-state index contributed by atoms with van der Waals surface area (Å²) in [6, 6.07) is 8.39. The topological polar surface area (TPSA) is 101 Å². The smallest absolute Gasteiger partial charge is 0.258 e. The van der Waals surface area contributed by atoms with E-state index in [-0.39, 0.29) is 17.1 Å². The minimum Gasteiger partial charge on any atom is -0.472 e. The summed E-state index contributed by atoms with van der Waals surface area (Å²) < 4.78 is 17.0. The monoisotopic (exact) mass is 344 g/mol. The van der Waals surface area contributed by atoms with Crippen molar-refractivity contribution in [1.29, 1.82) is 0 Å². The van der Waals surface area contributed by atoms with E-state index in [0.717, 1.165) is 5.56 Å². The molecule has 0 fully saturated rings. The molecule has 7 nitrogen and oxygen atoms in total. The van der Waals surface area contributed by atoms with Crippen LogP contribution in [0.3, 0.4) is 0 Å². The first-order chi connectivity index (χ1) is 11.5. The number of rotatable bonds is 5. The van der Waals surface area contributed by atoms with E-state index in [0.29, 0.717) is 16.3 Å². The predicted octanol–water partition coefficient (Wildman–Crippen LogP) is 2.83. The Balaban J connectivity index is 1.70. The molecule has 1 atom stereocenters. The molecule has 0 aliphatic rings. The van der Waals surface area contributed by atoms with Gasteiger partial charge in [0, 0.05) is 15.7 Å². The summed E-state index contributed by atoms with van der Waals surface area (Å²) in [5, 5.41) is 9.31. The molecule has 0 spiro atoms. The zero-order chi connectivity index (χ0) is 17.1. The van der Waals surface area contributed by atoms with Crippen LogP contribution in [0.5, 0.6) is 0 Å². The number of carbonyl (C=O) groups is 1. The highest BCUT2D eigenvalue weighted by atomic mass is 32.2. The van der Waals surface area contributed by atoms with E-state index >= 15 is 0 Å². The predicted molar refractivity (Wildman–Crippen MR) is 90.0 cm³/mol. The van der Waals surface area contributed by atoms with Crippen molar-refractivity contribution in [3.63, 3.8) is 0 Å². The Morgan fingerprint density at radius 1 is 1.25 bits per heavy atom. The van der Waals surface area contributed by atoms with Gasteiger partial charge < -0.3 is 4.42 Å². The van der Waals surface area contributed by atoms with E-state index in [1.807, 2.05) is 13.8 Å². The second kappa shape index (κ2) is 6.79. The van der Waals surface area contributed by atoms with Gasteiger partial charge in [-0.05, 0) is 30.3 Å². The zero-order valence-corrected chi connectivity index (χ0v) is 14.0. The maximum atomic E-state index is 12.2. The largest absolute Gasteiger partial charge is 0.472 e. The van der Waals surface area contributed by atoms with Crippen molar-refractivity contribution >= 4 is 22.7 Å². The number of nitrogens with zero attached hydrogens (tertiary/aromatic N) is 2. The third-order valence-corrected chi connectivity index (χ3v) is 4.88. The van der Waals surface area contributed by atoms with E-state index < -0.39 is 10.8 Å². The molecule has 0 unspecified atom stereocenters. The normalized spacial score (nSPS) is 12.3. The Kier molecular flexibility index (Phi) is 4.57. The maximum absolute atomic E-state index is 12.2. The molecule has 0 aliphatic carbocycles. The van der Waals surface area contributed by atoms with Crippen LogP contribution in [0, 0.1) is 0 Å². The molecular formula is C16H16N4O3S. The van der Waals surface area contributed by atoms with E-state index in [1.54, 1.807) is 30.3 Å². The van der Waals surface area contributed by atoms with Crippen molar-refractivity contribution in [2.75, 3.05) is 5.32 Å². The van der Waals surface area contributed by atoms with Gasteiger partial charge in [-0.1, -0.05) is 13.8 Å². The van der Waals surface area contributed by atoms with Gasteiger partial charge in [-0.2, -0.15) is 4.98 Å². The van der Waals surface area contributed by atoms with Crippen LogP contribution < -0.4 is 5.32 Å². The molecule has 1 amide bonds. The van der Waals surface area contributed by atoms with E-state index in [9.17, 15) is 9.00 Å². The van der Waals surface area contributed by atoms with Gasteiger partial charge in [-0.15, -0.1) is 5.10 Å². The molecule has 1 aromatic carbocycles. The first-order valence-corrected chi connectivity index (χ1v) is 8.53. The number of amides is 1. The average molecular weight is 344 g/mol. The van der Waals surface area contributed by atoms with Gasteiger partial charge in [-0.25, -0.2) is 0 Å². The summed E-state index contributed by atoms with van der Waals surface area (Å²) in [6.45, 7) is 3.77. The third-order valence-electron chi connectivity index (χ3n) is 3.28. The Hall–Kier alpha value is -2.74. The molecule has 0 saturated carbocycles. The summed E-state index contributed by atoms with van der Waals surface area (Å²) in [5.74, 6) is 0.336. The van der Waals surface area contributed by atoms with Crippen molar-refractivity contribution in [1.82, 2.24) is 15.2 Å². The molecule has 2 N–H and O–H groups in total. The first kappa shape index (κ1) is 16.1. The van der Waals surface area contributed by atoms with Crippen LogP contribution in [-0.2, 0) is 10.8 Å². The number of aromatic amines is 1. The number of aromatic nitrogens is 3. The Morgan fingerprint density at radius 2 is 2.00 bits per heavy atom. The van der Waals surface area contributed by atoms with Gasteiger partial charge in [0.15, 0.2) is 5.82 Å². The highest BCUT2D eigenvalue weighted by molar-refractivity contribution is 7.85. The highest BCUT2D eigenvalue weighted by Gasteiger charge is 2.13. The number of nitrogens with one attached hydrogen (secondary N) is 2. The van der Waals surface area contributed by atoms with Crippen molar-refractivity contribution in [2.45, 2.75) is 24.0 Å². The molecule has 8 heteroatoms. The van der Waals surface area contributed by atoms with Crippen molar-refractivity contribution in [3.05, 3.63) is 48.4 Å². The number of hydrogen-bond acceptors (Lipinski definition) is 5. The zero-order valence-electron chi connectivity index (χ0n) is 13.1. The van der Waals surface area contributed by atoms with Gasteiger partial charge in [0.05, 0.1) is 22.6 Å². The minimum atomic E-state index is -1.08. The molecule has 3 rings (SSSR count). The summed E-state index contributed by atoms with van der Waals surface area (Å²) in [7, 11) is -1.08. The summed E-state index contributed by atoms with van der Waals surface area (Å²) in [4.78, 5) is 17.1. The van der Waals surface area contributed by atoms with Crippen molar-refractivity contribution in [2.24, 2.45) is 0 Å². The van der Waals surface area contributed by atoms with E-state index in [4.69, 9.17) is 4.42 Å². The molecule has 2 heterocycles. The van der Waals surface area contributed by atoms with Gasteiger partial charge in [0.2, 0.25) is 5.95 Å². The van der Waals surface area contributed by atoms with Gasteiger partial charge >= 0.3 is 0 Å². The molecule has 124 valence electrons. The number of anilines is 1. The number of hydrogen-bond donors (Lipinski definition) is 2. The lowest BCUT2D eigenvalue weighted by Gasteiger charge is -2.06. The van der Waals surface area contributed by atoms with Crippen LogP contribution >= 0.6 is 0 Å². The fraction of sp³-hybridized carbons (Fsp3) is 0.188. The average Bonchev–Trinajstić information content (AvgIpc) is 3.25. The molecule has 0 aliphatic heterocycles. The molecule has 2 aromatic heterocycles. The number of H-pyrrole nitrogens is 1. The van der Waals surface area contributed by atoms with Gasteiger partial charge in [-0.3, -0.25) is 19.4 Å². The van der Waals surface area contributed by atoms with Gasteiger partial charge in [0.1, 0.15) is 6.26 Å². The molecule has 0 bridgehead atoms. The summed E-state index contributed by atoms with van der Waals surface area (Å²) >= 11 is 0. The molecule has 3 aromatic rings. The molecule has 24 heavy (non-hydrogen) atoms. The SMILES string of the molecule is CC(C)[S@@](=O)c1ccc(C(=O)Nc2n[nH]c(-c3ccoc3)n2)cc1. The van der Waals surface area contributed by atoms with Crippen molar-refractivity contribution < 1.29 is 13.4 Å². The number of furan rings is 1. The number of carbonyl (C=O) groups excluding carboxylic acids is 1. The lowest BCUT2D eigenvalue weighted by molar-refractivity contribution is 0.102. The van der Waals surface area contributed by atoms with Crippen LogP contribution in [-0.4, -0.2) is 30.5 Å². The van der Waals surface area contributed by atoms with Crippen molar-refractivity contribution in [3.8, 4) is 11.4 Å². The van der Waals surface area contributed by atoms with E-state index in [1.165, 1.54) is 12.5 Å². The minimum absolute atomic E-state index is 0.0271. The first-order valence-electron chi connectivity index (χ1n) is 7.31. The Labute approximate surface area is 141 Å². The lowest BCUT2D eigenvalue weighted by atomic mass is 10.2. The second-order valence-corrected chi connectivity index (χ2v) is 7.35.